The second kappa shape index (κ2) is 7.98. The maximum Gasteiger partial charge on any atom is 0.230 e. The molecular formula is C21H22FN5OS2. The molecule has 4 heterocycles. The Balaban J connectivity index is 1.44. The lowest BCUT2D eigenvalue weighted by Gasteiger charge is -2.39. The molecule has 0 aliphatic carbocycles. The third-order valence-corrected chi connectivity index (χ3v) is 7.49. The van der Waals surface area contributed by atoms with Crippen LogP contribution in [0.25, 0.3) is 4.96 Å². The highest BCUT2D eigenvalue weighted by molar-refractivity contribution is 7.17. The number of thiophene rings is 1. The molecule has 1 atom stereocenters. The van der Waals surface area contributed by atoms with Crippen molar-refractivity contribution in [3.05, 3.63) is 63.2 Å². The Bertz CT molecular complexity index is 1150. The van der Waals surface area contributed by atoms with Gasteiger partial charge in [-0.1, -0.05) is 36.5 Å². The minimum Gasteiger partial charge on any atom is -0.492 e. The number of benzene rings is 1. The quantitative estimate of drug-likeness (QED) is 0.502. The van der Waals surface area contributed by atoms with Crippen molar-refractivity contribution in [2.24, 2.45) is 0 Å². The van der Waals surface area contributed by atoms with Gasteiger partial charge in [0.05, 0.1) is 16.6 Å². The van der Waals surface area contributed by atoms with E-state index < -0.39 is 0 Å². The monoisotopic (exact) mass is 443 g/mol. The van der Waals surface area contributed by atoms with E-state index in [0.717, 1.165) is 43.3 Å². The standard InChI is InChI=1S/C21H22FN5OS2/c1-2-17-23-21-27(24-17)20(28)19(30-21)18(16-8-5-13-29-16)26-11-9-25(10-12-26)15-7-4-3-6-14(15)22/h3-8,13,18,28H,2,9-12H2,1H3. The molecule has 9 heteroatoms. The first kappa shape index (κ1) is 19.5. The first-order chi connectivity index (χ1) is 14.7. The van der Waals surface area contributed by atoms with Crippen molar-refractivity contribution in [3.63, 3.8) is 0 Å². The van der Waals surface area contributed by atoms with Gasteiger partial charge in [-0.05, 0) is 23.6 Å². The number of piperazine rings is 1. The third kappa shape index (κ3) is 3.36. The summed E-state index contributed by atoms with van der Waals surface area (Å²) >= 11 is 3.17. The van der Waals surface area contributed by atoms with Crippen LogP contribution in [-0.4, -0.2) is 50.8 Å². The van der Waals surface area contributed by atoms with Crippen LogP contribution in [0.5, 0.6) is 5.88 Å². The molecule has 0 radical (unpaired) electrons. The van der Waals surface area contributed by atoms with E-state index in [1.165, 1.54) is 22.3 Å². The molecule has 0 spiro atoms. The smallest absolute Gasteiger partial charge is 0.230 e. The van der Waals surface area contributed by atoms with Crippen LogP contribution in [0, 0.1) is 5.82 Å². The van der Waals surface area contributed by atoms with Crippen LogP contribution < -0.4 is 4.90 Å². The number of nitrogens with zero attached hydrogens (tertiary/aromatic N) is 5. The second-order valence-electron chi connectivity index (χ2n) is 7.26. The van der Waals surface area contributed by atoms with Gasteiger partial charge < -0.3 is 10.0 Å². The number of aromatic nitrogens is 3. The van der Waals surface area contributed by atoms with E-state index >= 15 is 0 Å². The summed E-state index contributed by atoms with van der Waals surface area (Å²) in [6.07, 6.45) is 0.732. The number of hydrogen-bond donors (Lipinski definition) is 1. The molecule has 156 valence electrons. The topological polar surface area (TPSA) is 56.9 Å². The van der Waals surface area contributed by atoms with Gasteiger partial charge in [-0.25, -0.2) is 9.37 Å². The van der Waals surface area contributed by atoms with Crippen LogP contribution in [0.2, 0.25) is 0 Å². The average Bonchev–Trinajstić information content (AvgIpc) is 3.49. The van der Waals surface area contributed by atoms with E-state index in [4.69, 9.17) is 0 Å². The van der Waals surface area contributed by atoms with Crippen LogP contribution in [0.1, 0.15) is 28.5 Å². The molecule has 0 amide bonds. The van der Waals surface area contributed by atoms with Gasteiger partial charge in [-0.3, -0.25) is 4.90 Å². The van der Waals surface area contributed by atoms with E-state index in [-0.39, 0.29) is 17.7 Å². The molecule has 1 aliphatic heterocycles. The number of para-hydroxylation sites is 1. The molecular weight excluding hydrogens is 421 g/mol. The van der Waals surface area contributed by atoms with Gasteiger partial charge in [0.15, 0.2) is 5.82 Å². The second-order valence-corrected chi connectivity index (χ2v) is 9.25. The lowest BCUT2D eigenvalue weighted by molar-refractivity contribution is 0.213. The van der Waals surface area contributed by atoms with Crippen molar-refractivity contribution < 1.29 is 9.50 Å². The fraction of sp³-hybridized carbons (Fsp3) is 0.333. The highest BCUT2D eigenvalue weighted by atomic mass is 32.1. The minimum atomic E-state index is -0.185. The predicted octanol–water partition coefficient (Wildman–Crippen LogP) is 4.17. The van der Waals surface area contributed by atoms with E-state index in [9.17, 15) is 9.50 Å². The number of fused-ring (bicyclic) bond motifs is 1. The van der Waals surface area contributed by atoms with Crippen molar-refractivity contribution in [1.82, 2.24) is 19.5 Å². The Hall–Kier alpha value is -2.49. The van der Waals surface area contributed by atoms with Gasteiger partial charge in [0.2, 0.25) is 10.8 Å². The summed E-state index contributed by atoms with van der Waals surface area (Å²) in [6.45, 7) is 4.99. The number of aryl methyl sites for hydroxylation is 1. The molecule has 1 saturated heterocycles. The van der Waals surface area contributed by atoms with Gasteiger partial charge in [0, 0.05) is 37.5 Å². The van der Waals surface area contributed by atoms with Crippen molar-refractivity contribution in [3.8, 4) is 5.88 Å². The summed E-state index contributed by atoms with van der Waals surface area (Å²) in [5.41, 5.74) is 0.651. The van der Waals surface area contributed by atoms with Gasteiger partial charge in [0.1, 0.15) is 5.82 Å². The summed E-state index contributed by atoms with van der Waals surface area (Å²) in [5, 5.41) is 17.4. The fourth-order valence-electron chi connectivity index (χ4n) is 3.97. The summed E-state index contributed by atoms with van der Waals surface area (Å²) in [4.78, 5) is 11.7. The zero-order valence-corrected chi connectivity index (χ0v) is 18.2. The van der Waals surface area contributed by atoms with Crippen molar-refractivity contribution in [2.45, 2.75) is 19.4 Å². The number of halogens is 1. The summed E-state index contributed by atoms with van der Waals surface area (Å²) in [6, 6.07) is 11.0. The molecule has 1 N–H and O–H groups in total. The van der Waals surface area contributed by atoms with Crippen LogP contribution in [-0.2, 0) is 6.42 Å². The Morgan fingerprint density at radius 3 is 2.60 bits per heavy atom. The molecule has 1 aliphatic rings. The number of thiazole rings is 1. The number of hydrogen-bond acceptors (Lipinski definition) is 7. The first-order valence-corrected chi connectivity index (χ1v) is 11.7. The Morgan fingerprint density at radius 2 is 1.93 bits per heavy atom. The van der Waals surface area contributed by atoms with Crippen molar-refractivity contribution in [2.75, 3.05) is 31.1 Å². The predicted molar refractivity (Wildman–Crippen MR) is 118 cm³/mol. The van der Waals surface area contributed by atoms with E-state index in [2.05, 4.69) is 31.3 Å². The molecule has 1 unspecified atom stereocenters. The lowest BCUT2D eigenvalue weighted by atomic mass is 10.1. The maximum atomic E-state index is 14.2. The van der Waals surface area contributed by atoms with Crippen LogP contribution in [0.4, 0.5) is 10.1 Å². The zero-order valence-electron chi connectivity index (χ0n) is 16.5. The zero-order chi connectivity index (χ0) is 20.7. The van der Waals surface area contributed by atoms with E-state index in [0.29, 0.717) is 10.6 Å². The summed E-state index contributed by atoms with van der Waals surface area (Å²) in [7, 11) is 0. The van der Waals surface area contributed by atoms with Gasteiger partial charge in [-0.15, -0.1) is 16.4 Å². The molecule has 0 bridgehead atoms. The molecule has 1 aromatic carbocycles. The highest BCUT2D eigenvalue weighted by Crippen LogP contribution is 2.41. The van der Waals surface area contributed by atoms with E-state index in [1.54, 1.807) is 21.9 Å². The summed E-state index contributed by atoms with van der Waals surface area (Å²) < 4.78 is 15.8. The third-order valence-electron chi connectivity index (χ3n) is 5.49. The number of rotatable bonds is 5. The van der Waals surface area contributed by atoms with Crippen LogP contribution >= 0.6 is 22.7 Å². The molecule has 6 nitrogen and oxygen atoms in total. The minimum absolute atomic E-state index is 0.0636. The van der Waals surface area contributed by atoms with Crippen molar-refractivity contribution in [1.29, 1.82) is 0 Å². The molecule has 0 saturated carbocycles. The Morgan fingerprint density at radius 1 is 1.13 bits per heavy atom. The van der Waals surface area contributed by atoms with Crippen LogP contribution in [0.15, 0.2) is 41.8 Å². The SMILES string of the molecule is CCc1nc2sc(C(c3cccs3)N3CCN(c4ccccc4F)CC3)c(O)n2n1. The Labute approximate surface area is 181 Å². The summed E-state index contributed by atoms with van der Waals surface area (Å²) in [5.74, 6) is 0.710. The molecule has 1 fully saturated rings. The molecule has 5 rings (SSSR count). The molecule has 3 aromatic heterocycles. The largest absolute Gasteiger partial charge is 0.492 e. The Kier molecular flexibility index (Phi) is 5.18. The average molecular weight is 444 g/mol. The number of aromatic hydroxyl groups is 1. The maximum absolute atomic E-state index is 14.2. The number of anilines is 1. The van der Waals surface area contributed by atoms with Crippen LogP contribution in [0.3, 0.4) is 0 Å². The van der Waals surface area contributed by atoms with Gasteiger partial charge in [-0.2, -0.15) is 4.52 Å². The molecule has 4 aromatic rings. The first-order valence-electron chi connectivity index (χ1n) is 10.00. The van der Waals surface area contributed by atoms with Gasteiger partial charge >= 0.3 is 0 Å². The van der Waals surface area contributed by atoms with Crippen molar-refractivity contribution >= 4 is 33.3 Å². The van der Waals surface area contributed by atoms with E-state index in [1.807, 2.05) is 25.1 Å². The lowest BCUT2D eigenvalue weighted by Crippen LogP contribution is -2.48. The normalized spacial score (nSPS) is 16.4. The highest BCUT2D eigenvalue weighted by Gasteiger charge is 2.32. The van der Waals surface area contributed by atoms with Gasteiger partial charge in [0.25, 0.3) is 0 Å². The fourth-order valence-corrected chi connectivity index (χ4v) is 6.04. The molecule has 30 heavy (non-hydrogen) atoms.